The zero-order valence-electron chi connectivity index (χ0n) is 12.3. The van der Waals surface area contributed by atoms with Gasteiger partial charge in [0.05, 0.1) is 11.9 Å². The highest BCUT2D eigenvalue weighted by molar-refractivity contribution is 6.02. The smallest absolute Gasteiger partial charge is 0.245 e. The maximum Gasteiger partial charge on any atom is 0.245 e. The summed E-state index contributed by atoms with van der Waals surface area (Å²) in [6, 6.07) is 8.88. The molecule has 1 heterocycles. The summed E-state index contributed by atoms with van der Waals surface area (Å²) in [5.41, 5.74) is -0.582. The third kappa shape index (κ3) is 3.43. The maximum absolute atomic E-state index is 12.9. The monoisotopic (exact) mass is 300 g/mol. The van der Waals surface area contributed by atoms with Gasteiger partial charge in [-0.05, 0) is 26.0 Å². The number of nitro groups is 1. The summed E-state index contributed by atoms with van der Waals surface area (Å²) in [5, 5.41) is 10.8. The fourth-order valence-electron chi connectivity index (χ4n) is 2.03. The third-order valence-corrected chi connectivity index (χ3v) is 3.10. The molecular weight excluding hydrogens is 284 g/mol. The lowest BCUT2D eigenvalue weighted by molar-refractivity contribution is -0.492. The number of nitrogens with zero attached hydrogens (tertiary/aromatic N) is 4. The van der Waals surface area contributed by atoms with Gasteiger partial charge in [0.25, 0.3) is 0 Å². The summed E-state index contributed by atoms with van der Waals surface area (Å²) in [4.78, 5) is 32.7. The number of para-hydroxylation sites is 1. The average molecular weight is 300 g/mol. The highest BCUT2D eigenvalue weighted by atomic mass is 16.6. The number of hydrogen-bond acceptors (Lipinski definition) is 5. The van der Waals surface area contributed by atoms with Crippen molar-refractivity contribution in [1.82, 2.24) is 9.97 Å². The third-order valence-electron chi connectivity index (χ3n) is 3.10. The summed E-state index contributed by atoms with van der Waals surface area (Å²) in [6.45, 7) is 2.63. The van der Waals surface area contributed by atoms with Crippen LogP contribution in [0.5, 0.6) is 0 Å². The summed E-state index contributed by atoms with van der Waals surface area (Å²) >= 11 is 0. The predicted octanol–water partition coefficient (Wildman–Crippen LogP) is 2.44. The second kappa shape index (κ2) is 6.30. The molecule has 0 fully saturated rings. The van der Waals surface area contributed by atoms with Crippen LogP contribution in [0.4, 0.5) is 11.5 Å². The minimum absolute atomic E-state index is 0.329. The molecule has 7 heteroatoms. The van der Waals surface area contributed by atoms with Crippen LogP contribution in [0.1, 0.15) is 13.8 Å². The molecule has 0 spiro atoms. The second-order valence-corrected chi connectivity index (χ2v) is 5.41. The Morgan fingerprint density at radius 2 is 1.95 bits per heavy atom. The molecule has 0 unspecified atom stereocenters. The molecule has 7 nitrogen and oxygen atoms in total. The number of amides is 1. The summed E-state index contributed by atoms with van der Waals surface area (Å²) in [7, 11) is 0. The zero-order chi connectivity index (χ0) is 16.2. The first-order chi connectivity index (χ1) is 10.4. The van der Waals surface area contributed by atoms with Gasteiger partial charge in [0.15, 0.2) is 5.82 Å². The Bertz CT molecular complexity index is 620. The first kappa shape index (κ1) is 15.6. The van der Waals surface area contributed by atoms with E-state index in [4.69, 9.17) is 0 Å². The zero-order valence-corrected chi connectivity index (χ0v) is 12.3. The Hall–Kier alpha value is -2.83. The molecular formula is C15H16N4O3. The van der Waals surface area contributed by atoms with Gasteiger partial charge in [-0.1, -0.05) is 18.2 Å². The van der Waals surface area contributed by atoms with Crippen molar-refractivity contribution in [3.05, 3.63) is 59.0 Å². The first-order valence-electron chi connectivity index (χ1n) is 6.69. The molecule has 0 bridgehead atoms. The van der Waals surface area contributed by atoms with Gasteiger partial charge in [-0.3, -0.25) is 24.8 Å². The molecule has 0 atom stereocenters. The number of carbonyl (C=O) groups is 1. The summed E-state index contributed by atoms with van der Waals surface area (Å²) < 4.78 is 0. The van der Waals surface area contributed by atoms with Gasteiger partial charge >= 0.3 is 0 Å². The van der Waals surface area contributed by atoms with Crippen LogP contribution in [-0.2, 0) is 4.79 Å². The van der Waals surface area contributed by atoms with Gasteiger partial charge in [0.1, 0.15) is 5.41 Å². The van der Waals surface area contributed by atoms with Gasteiger partial charge in [-0.2, -0.15) is 0 Å². The van der Waals surface area contributed by atoms with Gasteiger partial charge in [0.2, 0.25) is 12.5 Å². The van der Waals surface area contributed by atoms with Crippen molar-refractivity contribution >= 4 is 17.4 Å². The van der Waals surface area contributed by atoms with Crippen molar-refractivity contribution in [2.24, 2.45) is 5.41 Å². The topological polar surface area (TPSA) is 89.2 Å². The predicted molar refractivity (Wildman–Crippen MR) is 81.3 cm³/mol. The van der Waals surface area contributed by atoms with E-state index in [1.807, 2.05) is 6.07 Å². The van der Waals surface area contributed by atoms with Gasteiger partial charge in [-0.25, -0.2) is 4.98 Å². The van der Waals surface area contributed by atoms with Crippen LogP contribution in [0, 0.1) is 15.5 Å². The lowest BCUT2D eigenvalue weighted by Gasteiger charge is -2.28. The highest BCUT2D eigenvalue weighted by Crippen LogP contribution is 2.29. The second-order valence-electron chi connectivity index (χ2n) is 5.41. The van der Waals surface area contributed by atoms with Gasteiger partial charge < -0.3 is 0 Å². The number of hydrogen-bond donors (Lipinski definition) is 0. The van der Waals surface area contributed by atoms with Crippen molar-refractivity contribution in [2.45, 2.75) is 13.8 Å². The summed E-state index contributed by atoms with van der Waals surface area (Å²) in [5.74, 6) is -0.0778. The number of aromatic nitrogens is 2. The van der Waals surface area contributed by atoms with Gasteiger partial charge in [-0.15, -0.1) is 0 Å². The molecule has 2 rings (SSSR count). The molecule has 0 aliphatic carbocycles. The number of rotatable bonds is 5. The fourth-order valence-corrected chi connectivity index (χ4v) is 2.03. The number of anilines is 2. The van der Waals surface area contributed by atoms with E-state index in [9.17, 15) is 14.9 Å². The normalized spacial score (nSPS) is 11.0. The Morgan fingerprint density at radius 1 is 1.27 bits per heavy atom. The fraction of sp³-hybridized carbons (Fsp3) is 0.267. The minimum atomic E-state index is -1.17. The molecule has 1 aromatic carbocycles. The van der Waals surface area contributed by atoms with Crippen molar-refractivity contribution in [3.8, 4) is 0 Å². The Morgan fingerprint density at radius 3 is 2.50 bits per heavy atom. The van der Waals surface area contributed by atoms with E-state index in [-0.39, 0.29) is 0 Å². The van der Waals surface area contributed by atoms with E-state index < -0.39 is 22.8 Å². The lowest BCUT2D eigenvalue weighted by atomic mass is 9.91. The van der Waals surface area contributed by atoms with Crippen LogP contribution < -0.4 is 4.90 Å². The molecule has 114 valence electrons. The van der Waals surface area contributed by atoms with E-state index in [1.54, 1.807) is 38.1 Å². The minimum Gasteiger partial charge on any atom is -0.273 e. The maximum atomic E-state index is 12.9. The molecule has 0 radical (unpaired) electrons. The van der Waals surface area contributed by atoms with Crippen molar-refractivity contribution in [1.29, 1.82) is 0 Å². The van der Waals surface area contributed by atoms with Crippen LogP contribution in [0.2, 0.25) is 0 Å². The molecule has 0 N–H and O–H groups in total. The van der Waals surface area contributed by atoms with Crippen molar-refractivity contribution < 1.29 is 9.72 Å². The Balaban J connectivity index is 2.46. The summed E-state index contributed by atoms with van der Waals surface area (Å²) in [6.07, 6.45) is 4.42. The van der Waals surface area contributed by atoms with Gasteiger partial charge in [0, 0.05) is 17.3 Å². The standard InChI is InChI=1S/C15H16N4O3/c1-15(2,11-18(21)22)14(20)19(12-6-4-3-5-7-12)13-10-16-8-9-17-13/h3-10H,11H2,1-2H3. The molecule has 0 saturated heterocycles. The SMILES string of the molecule is CC(C)(C[N+](=O)[O-])C(=O)N(c1ccccc1)c1cnccn1. The largest absolute Gasteiger partial charge is 0.273 e. The molecule has 1 amide bonds. The first-order valence-corrected chi connectivity index (χ1v) is 6.69. The van der Waals surface area contributed by atoms with Crippen molar-refractivity contribution in [3.63, 3.8) is 0 Å². The average Bonchev–Trinajstić information content (AvgIpc) is 2.48. The Labute approximate surface area is 127 Å². The van der Waals surface area contributed by atoms with Crippen LogP contribution in [0.3, 0.4) is 0 Å². The molecule has 1 aromatic heterocycles. The van der Waals surface area contributed by atoms with Crippen LogP contribution in [0.15, 0.2) is 48.9 Å². The molecule has 22 heavy (non-hydrogen) atoms. The van der Waals surface area contributed by atoms with E-state index in [1.165, 1.54) is 23.5 Å². The molecule has 0 aliphatic heterocycles. The number of benzene rings is 1. The van der Waals surface area contributed by atoms with Crippen LogP contribution >= 0.6 is 0 Å². The Kier molecular flexibility index (Phi) is 4.45. The van der Waals surface area contributed by atoms with E-state index in [2.05, 4.69) is 9.97 Å². The molecule has 2 aromatic rings. The van der Waals surface area contributed by atoms with Crippen LogP contribution in [0.25, 0.3) is 0 Å². The molecule has 0 aliphatic rings. The van der Waals surface area contributed by atoms with E-state index >= 15 is 0 Å². The molecule has 0 saturated carbocycles. The van der Waals surface area contributed by atoms with Crippen LogP contribution in [-0.4, -0.2) is 27.3 Å². The quantitative estimate of drug-likeness (QED) is 0.625. The van der Waals surface area contributed by atoms with E-state index in [0.29, 0.717) is 11.5 Å². The van der Waals surface area contributed by atoms with E-state index in [0.717, 1.165) is 0 Å². The van der Waals surface area contributed by atoms with Crippen molar-refractivity contribution in [2.75, 3.05) is 11.4 Å². The number of carbonyl (C=O) groups excluding carboxylic acids is 1. The highest BCUT2D eigenvalue weighted by Gasteiger charge is 2.38. The lowest BCUT2D eigenvalue weighted by Crippen LogP contribution is -2.42.